The van der Waals surface area contributed by atoms with Crippen molar-refractivity contribution in [3.63, 3.8) is 0 Å². The number of terminal acetylenes is 1. The van der Waals surface area contributed by atoms with Crippen molar-refractivity contribution in [1.82, 2.24) is 4.57 Å². The van der Waals surface area contributed by atoms with Gasteiger partial charge in [0, 0.05) is 4.88 Å². The normalized spacial score (nSPS) is 11.4. The number of aromatic nitrogens is 1. The molecule has 0 aliphatic rings. The van der Waals surface area contributed by atoms with Gasteiger partial charge < -0.3 is 0 Å². The van der Waals surface area contributed by atoms with Crippen LogP contribution in [0.2, 0.25) is 0 Å². The molecule has 0 saturated carbocycles. The molecule has 0 saturated heterocycles. The standard InChI is InChI=1S/C9H8F3NOS/c1-3-5-13-7(9(10,11)12)6(4-2)15-8(13)14/h1H,4-5H2,2H3. The zero-order valence-corrected chi connectivity index (χ0v) is 8.71. The van der Waals surface area contributed by atoms with Gasteiger partial charge >= 0.3 is 11.0 Å². The smallest absolute Gasteiger partial charge is 0.283 e. The Bertz CT molecular complexity index is 449. The van der Waals surface area contributed by atoms with E-state index in [1.807, 2.05) is 5.92 Å². The molecule has 0 atom stereocenters. The third-order valence-electron chi connectivity index (χ3n) is 1.80. The quantitative estimate of drug-likeness (QED) is 0.720. The Labute approximate surface area is 88.3 Å². The summed E-state index contributed by atoms with van der Waals surface area (Å²) in [5.74, 6) is 2.04. The molecule has 2 nitrogen and oxygen atoms in total. The summed E-state index contributed by atoms with van der Waals surface area (Å²) in [5, 5.41) is 0. The van der Waals surface area contributed by atoms with Crippen molar-refractivity contribution in [2.45, 2.75) is 26.1 Å². The summed E-state index contributed by atoms with van der Waals surface area (Å²) in [6.07, 6.45) is 0.566. The Kier molecular flexibility index (Phi) is 3.25. The van der Waals surface area contributed by atoms with Gasteiger partial charge in [0.2, 0.25) is 0 Å². The van der Waals surface area contributed by atoms with Gasteiger partial charge in [0.1, 0.15) is 5.69 Å². The maximum atomic E-state index is 12.6. The van der Waals surface area contributed by atoms with E-state index in [0.717, 1.165) is 0 Å². The first kappa shape index (κ1) is 11.9. The lowest BCUT2D eigenvalue weighted by Gasteiger charge is -2.09. The van der Waals surface area contributed by atoms with Crippen molar-refractivity contribution in [2.24, 2.45) is 0 Å². The molecule has 0 amide bonds. The summed E-state index contributed by atoms with van der Waals surface area (Å²) >= 11 is 0.600. The second kappa shape index (κ2) is 4.11. The third kappa shape index (κ3) is 2.23. The number of halogens is 3. The Morgan fingerprint density at radius 3 is 2.53 bits per heavy atom. The fourth-order valence-electron chi connectivity index (χ4n) is 1.24. The van der Waals surface area contributed by atoms with Gasteiger partial charge in [-0.2, -0.15) is 13.2 Å². The zero-order valence-electron chi connectivity index (χ0n) is 7.89. The molecule has 0 N–H and O–H groups in total. The van der Waals surface area contributed by atoms with Gasteiger partial charge in [0.05, 0.1) is 6.54 Å². The van der Waals surface area contributed by atoms with Crippen molar-refractivity contribution >= 4 is 11.3 Å². The van der Waals surface area contributed by atoms with Gasteiger partial charge in [-0.1, -0.05) is 24.2 Å². The number of aryl methyl sites for hydroxylation is 1. The van der Waals surface area contributed by atoms with E-state index in [1.54, 1.807) is 6.92 Å². The van der Waals surface area contributed by atoms with Crippen LogP contribution >= 0.6 is 11.3 Å². The predicted molar refractivity (Wildman–Crippen MR) is 51.8 cm³/mol. The summed E-state index contributed by atoms with van der Waals surface area (Å²) < 4.78 is 38.4. The highest BCUT2D eigenvalue weighted by molar-refractivity contribution is 7.09. The molecular weight excluding hydrogens is 227 g/mol. The van der Waals surface area contributed by atoms with E-state index in [-0.39, 0.29) is 17.8 Å². The van der Waals surface area contributed by atoms with Crippen LogP contribution in [0.1, 0.15) is 17.5 Å². The number of hydrogen-bond donors (Lipinski definition) is 0. The Morgan fingerprint density at radius 2 is 2.13 bits per heavy atom. The van der Waals surface area contributed by atoms with Crippen molar-refractivity contribution in [2.75, 3.05) is 0 Å². The second-order valence-electron chi connectivity index (χ2n) is 2.78. The highest BCUT2D eigenvalue weighted by Gasteiger charge is 2.38. The average molecular weight is 235 g/mol. The second-order valence-corrected chi connectivity index (χ2v) is 3.83. The monoisotopic (exact) mass is 235 g/mol. The molecule has 0 aromatic carbocycles. The molecule has 15 heavy (non-hydrogen) atoms. The highest BCUT2D eigenvalue weighted by atomic mass is 32.1. The van der Waals surface area contributed by atoms with Gasteiger partial charge in [0.15, 0.2) is 0 Å². The van der Waals surface area contributed by atoms with Gasteiger partial charge in [-0.05, 0) is 6.42 Å². The van der Waals surface area contributed by atoms with Gasteiger partial charge in [0.25, 0.3) is 0 Å². The topological polar surface area (TPSA) is 22.0 Å². The SMILES string of the molecule is C#CCn1c(C(F)(F)F)c(CC)sc1=O. The average Bonchev–Trinajstić information content (AvgIpc) is 2.43. The van der Waals surface area contributed by atoms with Crippen LogP contribution in [0.3, 0.4) is 0 Å². The van der Waals surface area contributed by atoms with E-state index in [9.17, 15) is 18.0 Å². The number of thiazole rings is 1. The van der Waals surface area contributed by atoms with Crippen LogP contribution in [0.25, 0.3) is 0 Å². The molecule has 0 fully saturated rings. The lowest BCUT2D eigenvalue weighted by Crippen LogP contribution is -2.21. The summed E-state index contributed by atoms with van der Waals surface area (Å²) in [4.78, 5) is 10.6. The minimum absolute atomic E-state index is 0.0303. The van der Waals surface area contributed by atoms with Crippen LogP contribution in [-0.4, -0.2) is 4.57 Å². The molecule has 1 aromatic rings. The van der Waals surface area contributed by atoms with E-state index >= 15 is 0 Å². The van der Waals surface area contributed by atoms with Crippen molar-refractivity contribution in [3.8, 4) is 12.3 Å². The van der Waals surface area contributed by atoms with Crippen LogP contribution < -0.4 is 4.87 Å². The Hall–Kier alpha value is -1.22. The van der Waals surface area contributed by atoms with E-state index in [2.05, 4.69) is 0 Å². The van der Waals surface area contributed by atoms with E-state index in [4.69, 9.17) is 6.42 Å². The summed E-state index contributed by atoms with van der Waals surface area (Å²) in [6, 6.07) is 0. The predicted octanol–water partition coefficient (Wildman–Crippen LogP) is 2.12. The molecule has 0 aliphatic carbocycles. The molecule has 0 bridgehead atoms. The number of alkyl halides is 3. The van der Waals surface area contributed by atoms with Crippen molar-refractivity contribution in [3.05, 3.63) is 20.2 Å². The van der Waals surface area contributed by atoms with Crippen LogP contribution in [0, 0.1) is 12.3 Å². The number of rotatable bonds is 2. The molecule has 1 rings (SSSR count). The van der Waals surface area contributed by atoms with Crippen molar-refractivity contribution < 1.29 is 13.2 Å². The molecule has 6 heteroatoms. The molecule has 0 aliphatic heterocycles. The molecule has 1 aromatic heterocycles. The molecule has 82 valence electrons. The maximum absolute atomic E-state index is 12.6. The van der Waals surface area contributed by atoms with Gasteiger partial charge in [-0.3, -0.25) is 9.36 Å². The van der Waals surface area contributed by atoms with Crippen LogP contribution in [0.5, 0.6) is 0 Å². The van der Waals surface area contributed by atoms with Gasteiger partial charge in [-0.25, -0.2) is 0 Å². The zero-order chi connectivity index (χ0) is 11.6. The summed E-state index contributed by atoms with van der Waals surface area (Å²) in [6.45, 7) is 1.23. The summed E-state index contributed by atoms with van der Waals surface area (Å²) in [7, 11) is 0. The minimum atomic E-state index is -4.53. The largest absolute Gasteiger partial charge is 0.432 e. The van der Waals surface area contributed by atoms with E-state index < -0.39 is 16.7 Å². The summed E-state index contributed by atoms with van der Waals surface area (Å²) in [5.41, 5.74) is -0.905. The first-order valence-corrected chi connectivity index (χ1v) is 4.96. The molecular formula is C9H8F3NOS. The third-order valence-corrected chi connectivity index (χ3v) is 2.93. The Balaban J connectivity index is 3.44. The number of nitrogens with zero attached hydrogens (tertiary/aromatic N) is 1. The molecule has 1 heterocycles. The van der Waals surface area contributed by atoms with Crippen LogP contribution in [0.4, 0.5) is 13.2 Å². The van der Waals surface area contributed by atoms with E-state index in [0.29, 0.717) is 15.9 Å². The lowest BCUT2D eigenvalue weighted by atomic mass is 10.3. The lowest BCUT2D eigenvalue weighted by molar-refractivity contribution is -0.143. The molecule has 0 spiro atoms. The first-order valence-electron chi connectivity index (χ1n) is 4.15. The Morgan fingerprint density at radius 1 is 1.53 bits per heavy atom. The fraction of sp³-hybridized carbons (Fsp3) is 0.444. The van der Waals surface area contributed by atoms with Crippen molar-refractivity contribution in [1.29, 1.82) is 0 Å². The van der Waals surface area contributed by atoms with Gasteiger partial charge in [-0.15, -0.1) is 6.42 Å². The molecule has 0 radical (unpaired) electrons. The highest BCUT2D eigenvalue weighted by Crippen LogP contribution is 2.33. The molecule has 0 unspecified atom stereocenters. The number of hydrogen-bond acceptors (Lipinski definition) is 2. The maximum Gasteiger partial charge on any atom is 0.432 e. The minimum Gasteiger partial charge on any atom is -0.283 e. The van der Waals surface area contributed by atoms with Crippen LogP contribution in [-0.2, 0) is 19.1 Å². The van der Waals surface area contributed by atoms with Crippen LogP contribution in [0.15, 0.2) is 4.79 Å². The fourth-order valence-corrected chi connectivity index (χ4v) is 2.18. The first-order chi connectivity index (χ1) is 6.91. The van der Waals surface area contributed by atoms with E-state index in [1.165, 1.54) is 0 Å².